The Hall–Kier alpha value is -1.92. The van der Waals surface area contributed by atoms with Gasteiger partial charge in [0.1, 0.15) is 0 Å². The summed E-state index contributed by atoms with van der Waals surface area (Å²) in [6.07, 6.45) is 0.323. The van der Waals surface area contributed by atoms with Crippen LogP contribution in [0.2, 0.25) is 0 Å². The van der Waals surface area contributed by atoms with Crippen molar-refractivity contribution in [3.8, 4) is 0 Å². The molecule has 5 nitrogen and oxygen atoms in total. The van der Waals surface area contributed by atoms with Crippen LogP contribution in [0.25, 0.3) is 0 Å². The van der Waals surface area contributed by atoms with Gasteiger partial charge >= 0.3 is 0 Å². The van der Waals surface area contributed by atoms with Crippen molar-refractivity contribution in [2.24, 2.45) is 0 Å². The molecule has 1 fully saturated rings. The molecule has 128 valence electrons. The molecule has 0 bridgehead atoms. The molecule has 1 amide bonds. The second-order valence-corrected chi connectivity index (χ2v) is 7.43. The summed E-state index contributed by atoms with van der Waals surface area (Å²) < 4.78 is 0. The van der Waals surface area contributed by atoms with E-state index in [0.29, 0.717) is 6.42 Å². The molecule has 0 atom stereocenters. The molecule has 24 heavy (non-hydrogen) atoms. The fourth-order valence-corrected chi connectivity index (χ4v) is 3.51. The Morgan fingerprint density at radius 3 is 2.62 bits per heavy atom. The number of nitrogens with one attached hydrogen (secondary N) is 1. The third-order valence-corrected chi connectivity index (χ3v) is 5.18. The van der Waals surface area contributed by atoms with Crippen LogP contribution in [0.3, 0.4) is 0 Å². The molecule has 1 aliphatic rings. The molecular formula is C18H24N4OS. The second-order valence-electron chi connectivity index (χ2n) is 6.37. The fourth-order valence-electron chi connectivity index (χ4n) is 2.90. The molecule has 0 radical (unpaired) electrons. The molecule has 1 aliphatic heterocycles. The number of nitrogens with zero attached hydrogens (tertiary/aromatic N) is 3. The Morgan fingerprint density at radius 2 is 2.00 bits per heavy atom. The van der Waals surface area contributed by atoms with Gasteiger partial charge in [-0.2, -0.15) is 0 Å². The minimum Gasteiger partial charge on any atom is -0.369 e. The van der Waals surface area contributed by atoms with Crippen molar-refractivity contribution in [1.29, 1.82) is 0 Å². The maximum Gasteiger partial charge on any atom is 0.230 e. The monoisotopic (exact) mass is 344 g/mol. The lowest BCUT2D eigenvalue weighted by atomic mass is 10.1. The Balaban J connectivity index is 1.63. The fraction of sp³-hybridized carbons (Fsp3) is 0.444. The van der Waals surface area contributed by atoms with Gasteiger partial charge in [0.2, 0.25) is 5.91 Å². The summed E-state index contributed by atoms with van der Waals surface area (Å²) in [7, 11) is 2.16. The highest BCUT2D eigenvalue weighted by Crippen LogP contribution is 2.24. The van der Waals surface area contributed by atoms with Gasteiger partial charge in [-0.3, -0.25) is 4.79 Å². The third kappa shape index (κ3) is 4.13. The first-order chi connectivity index (χ1) is 11.5. The summed E-state index contributed by atoms with van der Waals surface area (Å²) in [4.78, 5) is 21.3. The number of piperazine rings is 1. The van der Waals surface area contributed by atoms with Crippen molar-refractivity contribution >= 4 is 28.6 Å². The first kappa shape index (κ1) is 16.9. The van der Waals surface area contributed by atoms with Crippen molar-refractivity contribution in [2.75, 3.05) is 43.4 Å². The van der Waals surface area contributed by atoms with E-state index in [0.717, 1.165) is 48.1 Å². The first-order valence-electron chi connectivity index (χ1n) is 8.26. The van der Waals surface area contributed by atoms with Crippen molar-refractivity contribution < 1.29 is 4.79 Å². The van der Waals surface area contributed by atoms with E-state index < -0.39 is 0 Å². The van der Waals surface area contributed by atoms with Gasteiger partial charge in [-0.15, -0.1) is 11.3 Å². The topological polar surface area (TPSA) is 48.5 Å². The smallest absolute Gasteiger partial charge is 0.230 e. The zero-order valence-electron chi connectivity index (χ0n) is 14.5. The van der Waals surface area contributed by atoms with E-state index in [2.05, 4.69) is 39.3 Å². The molecule has 3 rings (SSSR count). The highest BCUT2D eigenvalue weighted by molar-refractivity contribution is 7.09. The zero-order valence-corrected chi connectivity index (χ0v) is 15.3. The normalized spacial score (nSPS) is 15.5. The summed E-state index contributed by atoms with van der Waals surface area (Å²) in [5.74, 6) is -0.0178. The molecule has 0 aliphatic carbocycles. The molecule has 2 heterocycles. The summed E-state index contributed by atoms with van der Waals surface area (Å²) in [5.41, 5.74) is 4.04. The van der Waals surface area contributed by atoms with Crippen molar-refractivity contribution in [1.82, 2.24) is 9.88 Å². The van der Waals surface area contributed by atoms with E-state index >= 15 is 0 Å². The van der Waals surface area contributed by atoms with Gasteiger partial charge in [0.15, 0.2) is 0 Å². The lowest BCUT2D eigenvalue weighted by molar-refractivity contribution is -0.115. The molecular weight excluding hydrogens is 320 g/mol. The maximum absolute atomic E-state index is 12.2. The van der Waals surface area contributed by atoms with E-state index in [4.69, 9.17) is 0 Å². The van der Waals surface area contributed by atoms with Crippen LogP contribution in [-0.2, 0) is 11.2 Å². The molecule has 0 unspecified atom stereocenters. The van der Waals surface area contributed by atoms with Crippen LogP contribution in [-0.4, -0.2) is 49.0 Å². The number of thiazole rings is 1. The minimum atomic E-state index is -0.0178. The van der Waals surface area contributed by atoms with E-state index in [1.165, 1.54) is 5.69 Å². The quantitative estimate of drug-likeness (QED) is 0.926. The Labute approximate surface area is 147 Å². The van der Waals surface area contributed by atoms with Crippen LogP contribution >= 0.6 is 11.3 Å². The van der Waals surface area contributed by atoms with E-state index in [9.17, 15) is 4.79 Å². The number of aryl methyl sites for hydroxylation is 2. The molecule has 0 saturated carbocycles. The van der Waals surface area contributed by atoms with Gasteiger partial charge in [-0.05, 0) is 44.7 Å². The van der Waals surface area contributed by atoms with Crippen LogP contribution in [0.5, 0.6) is 0 Å². The number of amides is 1. The Morgan fingerprint density at radius 1 is 1.25 bits per heavy atom. The highest BCUT2D eigenvalue weighted by Gasteiger charge is 2.15. The molecule has 0 spiro atoms. The summed E-state index contributed by atoms with van der Waals surface area (Å²) in [6, 6.07) is 6.27. The largest absolute Gasteiger partial charge is 0.369 e. The predicted octanol–water partition coefficient (Wildman–Crippen LogP) is 2.69. The Kier molecular flexibility index (Phi) is 5.16. The number of likely N-dealkylation sites (N-methyl/N-ethyl adjacent to an activating group) is 1. The van der Waals surface area contributed by atoms with Crippen molar-refractivity contribution in [2.45, 2.75) is 20.3 Å². The highest BCUT2D eigenvalue weighted by atomic mass is 32.1. The molecule has 1 saturated heterocycles. The predicted molar refractivity (Wildman–Crippen MR) is 100 cm³/mol. The van der Waals surface area contributed by atoms with Crippen LogP contribution in [0, 0.1) is 13.8 Å². The average Bonchev–Trinajstić information content (AvgIpc) is 2.95. The van der Waals surface area contributed by atoms with Gasteiger partial charge < -0.3 is 15.1 Å². The number of hydrogen-bond donors (Lipinski definition) is 1. The van der Waals surface area contributed by atoms with Gasteiger partial charge in [0.25, 0.3) is 0 Å². The number of rotatable bonds is 4. The first-order valence-corrected chi connectivity index (χ1v) is 9.14. The SMILES string of the molecule is Cc1nc(CC(=O)Nc2ccc(N3CCN(C)CC3)cc2C)cs1. The molecule has 1 aromatic carbocycles. The lowest BCUT2D eigenvalue weighted by Gasteiger charge is -2.34. The number of carbonyl (C=O) groups excluding carboxylic acids is 1. The van der Waals surface area contributed by atoms with Crippen LogP contribution < -0.4 is 10.2 Å². The van der Waals surface area contributed by atoms with E-state index in [1.807, 2.05) is 25.3 Å². The van der Waals surface area contributed by atoms with Crippen LogP contribution in [0.1, 0.15) is 16.3 Å². The van der Waals surface area contributed by atoms with Crippen LogP contribution in [0.4, 0.5) is 11.4 Å². The molecule has 2 aromatic rings. The van der Waals surface area contributed by atoms with Gasteiger partial charge in [0, 0.05) is 42.9 Å². The van der Waals surface area contributed by atoms with Crippen molar-refractivity contribution in [3.05, 3.63) is 39.8 Å². The zero-order chi connectivity index (χ0) is 17.1. The van der Waals surface area contributed by atoms with Gasteiger partial charge in [0.05, 0.1) is 17.1 Å². The van der Waals surface area contributed by atoms with Crippen molar-refractivity contribution in [3.63, 3.8) is 0 Å². The number of hydrogen-bond acceptors (Lipinski definition) is 5. The van der Waals surface area contributed by atoms with E-state index in [-0.39, 0.29) is 5.91 Å². The summed E-state index contributed by atoms with van der Waals surface area (Å²) in [6.45, 7) is 8.26. The Bertz CT molecular complexity index is 720. The summed E-state index contributed by atoms with van der Waals surface area (Å²) >= 11 is 1.57. The standard InChI is InChI=1S/C18H24N4OS/c1-13-10-16(22-8-6-21(3)7-9-22)4-5-17(13)20-18(23)11-15-12-24-14(2)19-15/h4-5,10,12H,6-9,11H2,1-3H3,(H,20,23). The lowest BCUT2D eigenvalue weighted by Crippen LogP contribution is -2.44. The number of carbonyl (C=O) groups is 1. The van der Waals surface area contributed by atoms with Gasteiger partial charge in [-0.25, -0.2) is 4.98 Å². The third-order valence-electron chi connectivity index (χ3n) is 4.36. The van der Waals surface area contributed by atoms with Gasteiger partial charge in [-0.1, -0.05) is 0 Å². The minimum absolute atomic E-state index is 0.0178. The maximum atomic E-state index is 12.2. The molecule has 1 N–H and O–H groups in total. The summed E-state index contributed by atoms with van der Waals surface area (Å²) in [5, 5.41) is 5.94. The number of benzene rings is 1. The second kappa shape index (κ2) is 7.32. The average molecular weight is 344 g/mol. The molecule has 6 heteroatoms. The number of aromatic nitrogens is 1. The molecule has 1 aromatic heterocycles. The number of anilines is 2. The van der Waals surface area contributed by atoms with E-state index in [1.54, 1.807) is 11.3 Å². The van der Waals surface area contributed by atoms with Crippen LogP contribution in [0.15, 0.2) is 23.6 Å².